The molecule has 3 heterocycles. The van der Waals surface area contributed by atoms with Gasteiger partial charge in [0.05, 0.1) is 23.9 Å². The Kier molecular flexibility index (Phi) is 5.55. The number of benzene rings is 1. The smallest absolute Gasteiger partial charge is 0.263 e. The summed E-state index contributed by atoms with van der Waals surface area (Å²) < 4.78 is 6.97. The molecule has 8 heteroatoms. The van der Waals surface area contributed by atoms with Gasteiger partial charge in [-0.25, -0.2) is 4.98 Å². The van der Waals surface area contributed by atoms with Crippen molar-refractivity contribution in [2.75, 3.05) is 11.1 Å². The van der Waals surface area contributed by atoms with Gasteiger partial charge in [-0.1, -0.05) is 23.9 Å². The van der Waals surface area contributed by atoms with E-state index in [1.54, 1.807) is 16.9 Å². The standard InChI is InChI=1S/C21H19N3O3S2/c1-13-5-3-6-15(9-13)22-18(25)12-28-21-23-19-17(10-14(2)29-19)20(26)24(21)11-16-7-4-8-27-16/h3-10H,11-12H2,1-2H3,(H,22,25). The number of aromatic nitrogens is 2. The number of thioether (sulfide) groups is 1. The van der Waals surface area contributed by atoms with Gasteiger partial charge in [-0.2, -0.15) is 0 Å². The van der Waals surface area contributed by atoms with Crippen LogP contribution < -0.4 is 10.9 Å². The number of anilines is 1. The van der Waals surface area contributed by atoms with Crippen LogP contribution in [0.5, 0.6) is 0 Å². The summed E-state index contributed by atoms with van der Waals surface area (Å²) in [7, 11) is 0. The summed E-state index contributed by atoms with van der Waals surface area (Å²) in [5, 5.41) is 3.97. The van der Waals surface area contributed by atoms with Gasteiger partial charge in [0.2, 0.25) is 5.91 Å². The number of nitrogens with zero attached hydrogens (tertiary/aromatic N) is 2. The molecular formula is C21H19N3O3S2. The SMILES string of the molecule is Cc1cccc(NC(=O)CSc2nc3sc(C)cc3c(=O)n2Cc2ccco2)c1. The lowest BCUT2D eigenvalue weighted by atomic mass is 10.2. The zero-order chi connectivity index (χ0) is 20.4. The van der Waals surface area contributed by atoms with Crippen molar-refractivity contribution in [2.24, 2.45) is 0 Å². The lowest BCUT2D eigenvalue weighted by Gasteiger charge is -2.11. The monoisotopic (exact) mass is 425 g/mol. The van der Waals surface area contributed by atoms with E-state index in [9.17, 15) is 9.59 Å². The molecule has 6 nitrogen and oxygen atoms in total. The molecule has 0 saturated carbocycles. The normalized spacial score (nSPS) is 11.1. The van der Waals surface area contributed by atoms with Gasteiger partial charge in [0.15, 0.2) is 5.16 Å². The molecule has 0 unspecified atom stereocenters. The fourth-order valence-corrected chi connectivity index (χ4v) is 4.70. The first-order chi connectivity index (χ1) is 14.0. The Morgan fingerprint density at radius 3 is 2.86 bits per heavy atom. The molecule has 0 radical (unpaired) electrons. The summed E-state index contributed by atoms with van der Waals surface area (Å²) in [6.45, 7) is 4.19. The maximum atomic E-state index is 13.0. The number of hydrogen-bond donors (Lipinski definition) is 1. The van der Waals surface area contributed by atoms with Crippen molar-refractivity contribution in [2.45, 2.75) is 25.5 Å². The molecule has 1 aromatic carbocycles. The van der Waals surface area contributed by atoms with E-state index in [-0.39, 0.29) is 23.8 Å². The van der Waals surface area contributed by atoms with E-state index in [0.717, 1.165) is 16.1 Å². The van der Waals surface area contributed by atoms with E-state index in [1.807, 2.05) is 50.2 Å². The molecule has 1 N–H and O–H groups in total. The number of fused-ring (bicyclic) bond motifs is 1. The lowest BCUT2D eigenvalue weighted by molar-refractivity contribution is -0.113. The number of carbonyl (C=O) groups is 1. The first kappa shape index (κ1) is 19.5. The second-order valence-electron chi connectivity index (χ2n) is 6.65. The predicted molar refractivity (Wildman–Crippen MR) is 117 cm³/mol. The molecule has 0 aliphatic heterocycles. The van der Waals surface area contributed by atoms with Crippen LogP contribution >= 0.6 is 23.1 Å². The highest BCUT2D eigenvalue weighted by Gasteiger charge is 2.16. The molecule has 3 aromatic heterocycles. The number of aryl methyl sites for hydroxylation is 2. The van der Waals surface area contributed by atoms with E-state index < -0.39 is 0 Å². The van der Waals surface area contributed by atoms with Gasteiger partial charge in [0.1, 0.15) is 10.6 Å². The minimum Gasteiger partial charge on any atom is -0.467 e. The largest absolute Gasteiger partial charge is 0.467 e. The summed E-state index contributed by atoms with van der Waals surface area (Å²) >= 11 is 2.72. The van der Waals surface area contributed by atoms with Gasteiger partial charge in [-0.3, -0.25) is 14.2 Å². The number of amides is 1. The molecule has 4 rings (SSSR count). The van der Waals surface area contributed by atoms with Gasteiger partial charge >= 0.3 is 0 Å². The predicted octanol–water partition coefficient (Wildman–Crippen LogP) is 4.45. The fourth-order valence-electron chi connectivity index (χ4n) is 2.98. The van der Waals surface area contributed by atoms with Gasteiger partial charge in [0, 0.05) is 10.6 Å². The van der Waals surface area contributed by atoms with Crippen LogP contribution in [0, 0.1) is 13.8 Å². The molecular weight excluding hydrogens is 406 g/mol. The summed E-state index contributed by atoms with van der Waals surface area (Å²) in [6, 6.07) is 13.1. The van der Waals surface area contributed by atoms with Crippen LogP contribution in [0.15, 0.2) is 63.1 Å². The Bertz CT molecular complexity index is 1230. The van der Waals surface area contributed by atoms with Crippen molar-refractivity contribution in [3.05, 3.63) is 75.3 Å². The third-order valence-corrected chi connectivity index (χ3v) is 6.19. The van der Waals surface area contributed by atoms with Crippen LogP contribution in [0.4, 0.5) is 5.69 Å². The maximum Gasteiger partial charge on any atom is 0.263 e. The van der Waals surface area contributed by atoms with E-state index in [0.29, 0.717) is 21.1 Å². The minimum atomic E-state index is -0.151. The second-order valence-corrected chi connectivity index (χ2v) is 8.82. The van der Waals surface area contributed by atoms with Crippen LogP contribution in [0.2, 0.25) is 0 Å². The number of carbonyl (C=O) groups excluding carboxylic acids is 1. The number of thiophene rings is 1. The van der Waals surface area contributed by atoms with Gasteiger partial charge < -0.3 is 9.73 Å². The van der Waals surface area contributed by atoms with Gasteiger partial charge in [0.25, 0.3) is 5.56 Å². The average Bonchev–Trinajstić information content (AvgIpc) is 3.32. The van der Waals surface area contributed by atoms with Gasteiger partial charge in [-0.05, 0) is 49.7 Å². The van der Waals surface area contributed by atoms with Crippen molar-refractivity contribution >= 4 is 44.9 Å². The number of hydrogen-bond acceptors (Lipinski definition) is 6. The number of furan rings is 1. The zero-order valence-electron chi connectivity index (χ0n) is 16.0. The summed E-state index contributed by atoms with van der Waals surface area (Å²) in [5.74, 6) is 0.655. The average molecular weight is 426 g/mol. The van der Waals surface area contributed by atoms with Crippen LogP contribution in [0.1, 0.15) is 16.2 Å². The summed E-state index contributed by atoms with van der Waals surface area (Å²) in [6.07, 6.45) is 1.57. The summed E-state index contributed by atoms with van der Waals surface area (Å²) in [5.41, 5.74) is 1.70. The topological polar surface area (TPSA) is 77.1 Å². The molecule has 0 fully saturated rings. The van der Waals surface area contributed by atoms with Crippen LogP contribution in [-0.4, -0.2) is 21.2 Å². The Morgan fingerprint density at radius 2 is 2.10 bits per heavy atom. The molecule has 148 valence electrons. The van der Waals surface area contributed by atoms with E-state index >= 15 is 0 Å². The zero-order valence-corrected chi connectivity index (χ0v) is 17.6. The van der Waals surface area contributed by atoms with E-state index in [4.69, 9.17) is 4.42 Å². The van der Waals surface area contributed by atoms with Crippen molar-refractivity contribution in [1.29, 1.82) is 0 Å². The highest BCUT2D eigenvalue weighted by molar-refractivity contribution is 7.99. The Balaban J connectivity index is 1.59. The summed E-state index contributed by atoms with van der Waals surface area (Å²) in [4.78, 5) is 31.8. The fraction of sp³-hybridized carbons (Fsp3) is 0.190. The number of nitrogens with one attached hydrogen (secondary N) is 1. The first-order valence-corrected chi connectivity index (χ1v) is 10.8. The first-order valence-electron chi connectivity index (χ1n) is 9.02. The van der Waals surface area contributed by atoms with E-state index in [2.05, 4.69) is 10.3 Å². The molecule has 0 aliphatic rings. The van der Waals surface area contributed by atoms with Crippen molar-refractivity contribution in [1.82, 2.24) is 9.55 Å². The molecule has 0 atom stereocenters. The second kappa shape index (κ2) is 8.26. The van der Waals surface area contributed by atoms with Crippen molar-refractivity contribution < 1.29 is 9.21 Å². The maximum absolute atomic E-state index is 13.0. The van der Waals surface area contributed by atoms with Crippen LogP contribution in [-0.2, 0) is 11.3 Å². The minimum absolute atomic E-state index is 0.127. The molecule has 1 amide bonds. The quantitative estimate of drug-likeness (QED) is 0.365. The van der Waals surface area contributed by atoms with Crippen LogP contribution in [0.25, 0.3) is 10.2 Å². The van der Waals surface area contributed by atoms with Crippen molar-refractivity contribution in [3.63, 3.8) is 0 Å². The Labute approximate surface area is 175 Å². The highest BCUT2D eigenvalue weighted by atomic mass is 32.2. The van der Waals surface area contributed by atoms with E-state index in [1.165, 1.54) is 23.1 Å². The molecule has 0 saturated heterocycles. The lowest BCUT2D eigenvalue weighted by Crippen LogP contribution is -2.24. The Hall–Kier alpha value is -2.84. The van der Waals surface area contributed by atoms with Crippen molar-refractivity contribution in [3.8, 4) is 0 Å². The molecule has 0 spiro atoms. The number of rotatable bonds is 6. The molecule has 4 aromatic rings. The molecule has 0 bridgehead atoms. The third-order valence-electron chi connectivity index (χ3n) is 4.27. The Morgan fingerprint density at radius 1 is 1.24 bits per heavy atom. The highest BCUT2D eigenvalue weighted by Crippen LogP contribution is 2.25. The molecule has 0 aliphatic carbocycles. The van der Waals surface area contributed by atoms with Crippen LogP contribution in [0.3, 0.4) is 0 Å². The van der Waals surface area contributed by atoms with Gasteiger partial charge in [-0.15, -0.1) is 11.3 Å². The third kappa shape index (κ3) is 4.44. The molecule has 29 heavy (non-hydrogen) atoms.